The van der Waals surface area contributed by atoms with Crippen molar-refractivity contribution in [2.24, 2.45) is 23.3 Å². The predicted molar refractivity (Wildman–Crippen MR) is 66.8 cm³/mol. The van der Waals surface area contributed by atoms with Crippen LogP contribution in [0.4, 0.5) is 0 Å². The fraction of sp³-hybridized carbons (Fsp3) is 0.538. The minimum absolute atomic E-state index is 0.578. The van der Waals surface area contributed by atoms with Crippen LogP contribution in [0, 0.1) is 11.8 Å². The van der Waals surface area contributed by atoms with Crippen LogP contribution in [0.1, 0.15) is 5.56 Å². The molecule has 2 atom stereocenters. The molecule has 1 saturated heterocycles. The van der Waals surface area contributed by atoms with E-state index in [9.17, 15) is 0 Å². The first-order valence-electron chi connectivity index (χ1n) is 6.00. The van der Waals surface area contributed by atoms with Crippen LogP contribution in [-0.4, -0.2) is 31.1 Å². The standard InChI is InChI=1S/C13H21N3/c14-6-12-9-16(10-13(12)7-15)8-11-4-2-1-3-5-11/h1-5,12-13H,6-10,14-15H2/t12-,13-/m1/s1. The predicted octanol–water partition coefficient (Wildman–Crippen LogP) is 0.652. The Kier molecular flexibility index (Phi) is 3.93. The van der Waals surface area contributed by atoms with Crippen molar-refractivity contribution in [2.75, 3.05) is 26.2 Å². The topological polar surface area (TPSA) is 55.3 Å². The van der Waals surface area contributed by atoms with Crippen molar-refractivity contribution in [3.8, 4) is 0 Å². The third kappa shape index (κ3) is 2.61. The summed E-state index contributed by atoms with van der Waals surface area (Å²) in [7, 11) is 0. The van der Waals surface area contributed by atoms with Crippen molar-refractivity contribution in [1.82, 2.24) is 4.90 Å². The van der Waals surface area contributed by atoms with Gasteiger partial charge in [-0.15, -0.1) is 0 Å². The van der Waals surface area contributed by atoms with Crippen molar-refractivity contribution in [1.29, 1.82) is 0 Å². The van der Waals surface area contributed by atoms with Crippen molar-refractivity contribution in [3.63, 3.8) is 0 Å². The summed E-state index contributed by atoms with van der Waals surface area (Å²) in [6.45, 7) is 4.72. The van der Waals surface area contributed by atoms with Crippen molar-refractivity contribution in [3.05, 3.63) is 35.9 Å². The summed E-state index contributed by atoms with van der Waals surface area (Å²) in [5.74, 6) is 1.16. The van der Waals surface area contributed by atoms with E-state index in [0.717, 1.165) is 32.7 Å². The molecule has 0 aromatic heterocycles. The fourth-order valence-electron chi connectivity index (χ4n) is 2.54. The van der Waals surface area contributed by atoms with Gasteiger partial charge in [-0.1, -0.05) is 30.3 Å². The van der Waals surface area contributed by atoms with E-state index in [4.69, 9.17) is 11.5 Å². The van der Waals surface area contributed by atoms with Gasteiger partial charge < -0.3 is 11.5 Å². The van der Waals surface area contributed by atoms with Gasteiger partial charge in [0.15, 0.2) is 0 Å². The quantitative estimate of drug-likeness (QED) is 0.782. The highest BCUT2D eigenvalue weighted by atomic mass is 15.2. The van der Waals surface area contributed by atoms with Crippen LogP contribution in [0.25, 0.3) is 0 Å². The fourth-order valence-corrected chi connectivity index (χ4v) is 2.54. The van der Waals surface area contributed by atoms with Crippen LogP contribution in [0.15, 0.2) is 30.3 Å². The van der Waals surface area contributed by atoms with E-state index in [1.54, 1.807) is 0 Å². The second-order valence-corrected chi connectivity index (χ2v) is 4.67. The molecule has 0 spiro atoms. The zero-order valence-electron chi connectivity index (χ0n) is 9.68. The summed E-state index contributed by atoms with van der Waals surface area (Å²) in [4.78, 5) is 2.46. The van der Waals surface area contributed by atoms with Crippen LogP contribution < -0.4 is 11.5 Å². The number of hydrogen-bond acceptors (Lipinski definition) is 3. The summed E-state index contributed by atoms with van der Waals surface area (Å²) in [5.41, 5.74) is 12.9. The molecule has 4 N–H and O–H groups in total. The summed E-state index contributed by atoms with van der Waals surface area (Å²) in [6.07, 6.45) is 0. The van der Waals surface area contributed by atoms with Gasteiger partial charge in [-0.3, -0.25) is 4.90 Å². The van der Waals surface area contributed by atoms with Gasteiger partial charge in [0.05, 0.1) is 0 Å². The molecular weight excluding hydrogens is 198 g/mol. The number of likely N-dealkylation sites (tertiary alicyclic amines) is 1. The highest BCUT2D eigenvalue weighted by Crippen LogP contribution is 2.23. The van der Waals surface area contributed by atoms with Gasteiger partial charge in [0.25, 0.3) is 0 Å². The van der Waals surface area contributed by atoms with Gasteiger partial charge in [0, 0.05) is 19.6 Å². The molecule has 0 saturated carbocycles. The van der Waals surface area contributed by atoms with Gasteiger partial charge in [-0.05, 0) is 30.5 Å². The maximum absolute atomic E-state index is 5.77. The normalized spacial score (nSPS) is 26.1. The van der Waals surface area contributed by atoms with E-state index in [1.807, 2.05) is 0 Å². The van der Waals surface area contributed by atoms with Gasteiger partial charge >= 0.3 is 0 Å². The summed E-state index contributed by atoms with van der Waals surface area (Å²) in [6, 6.07) is 10.6. The Morgan fingerprint density at radius 2 is 1.56 bits per heavy atom. The summed E-state index contributed by atoms with van der Waals surface area (Å²) < 4.78 is 0. The Morgan fingerprint density at radius 3 is 2.06 bits per heavy atom. The Balaban J connectivity index is 1.93. The third-order valence-electron chi connectivity index (χ3n) is 3.51. The van der Waals surface area contributed by atoms with Gasteiger partial charge in [0.2, 0.25) is 0 Å². The number of benzene rings is 1. The van der Waals surface area contributed by atoms with E-state index >= 15 is 0 Å². The highest BCUT2D eigenvalue weighted by Gasteiger charge is 2.30. The molecule has 3 heteroatoms. The third-order valence-corrected chi connectivity index (χ3v) is 3.51. The van der Waals surface area contributed by atoms with E-state index in [1.165, 1.54) is 5.56 Å². The van der Waals surface area contributed by atoms with E-state index in [-0.39, 0.29) is 0 Å². The van der Waals surface area contributed by atoms with Gasteiger partial charge in [-0.2, -0.15) is 0 Å². The van der Waals surface area contributed by atoms with Crippen LogP contribution in [0.2, 0.25) is 0 Å². The zero-order valence-corrected chi connectivity index (χ0v) is 9.68. The Bertz CT molecular complexity index is 300. The minimum Gasteiger partial charge on any atom is -0.330 e. The van der Waals surface area contributed by atoms with Gasteiger partial charge in [0.1, 0.15) is 0 Å². The molecule has 2 rings (SSSR count). The van der Waals surface area contributed by atoms with E-state index in [0.29, 0.717) is 11.8 Å². The second kappa shape index (κ2) is 5.43. The molecule has 0 bridgehead atoms. The first kappa shape index (κ1) is 11.6. The molecule has 0 radical (unpaired) electrons. The maximum atomic E-state index is 5.77. The maximum Gasteiger partial charge on any atom is 0.0233 e. The molecular formula is C13H21N3. The highest BCUT2D eigenvalue weighted by molar-refractivity contribution is 5.14. The van der Waals surface area contributed by atoms with Crippen molar-refractivity contribution in [2.45, 2.75) is 6.54 Å². The smallest absolute Gasteiger partial charge is 0.0233 e. The Labute approximate surface area is 97.4 Å². The molecule has 1 aromatic carbocycles. The lowest BCUT2D eigenvalue weighted by atomic mass is 9.97. The molecule has 1 heterocycles. The molecule has 0 unspecified atom stereocenters. The number of rotatable bonds is 4. The summed E-state index contributed by atoms with van der Waals surface area (Å²) >= 11 is 0. The van der Waals surface area contributed by atoms with Crippen LogP contribution in [0.3, 0.4) is 0 Å². The summed E-state index contributed by atoms with van der Waals surface area (Å²) in [5, 5.41) is 0. The molecule has 1 aliphatic rings. The van der Waals surface area contributed by atoms with E-state index in [2.05, 4.69) is 35.2 Å². The van der Waals surface area contributed by atoms with Crippen LogP contribution in [-0.2, 0) is 6.54 Å². The molecule has 3 nitrogen and oxygen atoms in total. The lowest BCUT2D eigenvalue weighted by Gasteiger charge is -2.15. The number of nitrogens with two attached hydrogens (primary N) is 2. The molecule has 16 heavy (non-hydrogen) atoms. The molecule has 0 amide bonds. The lowest BCUT2D eigenvalue weighted by Crippen LogP contribution is -2.27. The van der Waals surface area contributed by atoms with Crippen molar-refractivity contribution >= 4 is 0 Å². The molecule has 1 fully saturated rings. The largest absolute Gasteiger partial charge is 0.330 e. The lowest BCUT2D eigenvalue weighted by molar-refractivity contribution is 0.314. The minimum atomic E-state index is 0.578. The number of hydrogen-bond donors (Lipinski definition) is 2. The zero-order chi connectivity index (χ0) is 11.4. The average Bonchev–Trinajstić information content (AvgIpc) is 2.72. The first-order valence-corrected chi connectivity index (χ1v) is 6.00. The first-order chi connectivity index (χ1) is 7.83. The number of nitrogens with zero attached hydrogens (tertiary/aromatic N) is 1. The van der Waals surface area contributed by atoms with Crippen molar-refractivity contribution < 1.29 is 0 Å². The molecule has 1 aliphatic heterocycles. The SMILES string of the molecule is NC[C@@H]1CN(Cc2ccccc2)C[C@H]1CN. The van der Waals surface area contributed by atoms with Crippen LogP contribution >= 0.6 is 0 Å². The molecule has 0 aliphatic carbocycles. The van der Waals surface area contributed by atoms with Crippen LogP contribution in [0.5, 0.6) is 0 Å². The average molecular weight is 219 g/mol. The Hall–Kier alpha value is -0.900. The monoisotopic (exact) mass is 219 g/mol. The second-order valence-electron chi connectivity index (χ2n) is 4.67. The Morgan fingerprint density at radius 1 is 1.00 bits per heavy atom. The molecule has 88 valence electrons. The van der Waals surface area contributed by atoms with Gasteiger partial charge in [-0.25, -0.2) is 0 Å². The van der Waals surface area contributed by atoms with E-state index < -0.39 is 0 Å². The molecule has 1 aromatic rings.